The van der Waals surface area contributed by atoms with E-state index in [0.717, 1.165) is 6.42 Å². The molecule has 2 N–H and O–H groups in total. The van der Waals surface area contributed by atoms with Gasteiger partial charge in [-0.2, -0.15) is 0 Å². The van der Waals surface area contributed by atoms with Gasteiger partial charge in [0.15, 0.2) is 5.03 Å². The molecule has 0 aliphatic heterocycles. The van der Waals surface area contributed by atoms with Crippen LogP contribution in [0, 0.1) is 6.92 Å². The first-order chi connectivity index (χ1) is 9.06. The highest BCUT2D eigenvalue weighted by Gasteiger charge is 2.27. The zero-order valence-corrected chi connectivity index (χ0v) is 11.4. The largest absolute Gasteiger partial charge is 0.332 e. The van der Waals surface area contributed by atoms with Crippen molar-refractivity contribution in [3.63, 3.8) is 0 Å². The summed E-state index contributed by atoms with van der Waals surface area (Å²) in [5.74, 6) is 0.865. The molecule has 100 valence electrons. The number of benzene rings is 1. The molecular weight excluding hydrogens is 262 g/mol. The van der Waals surface area contributed by atoms with Gasteiger partial charge < -0.3 is 4.98 Å². The molecule has 1 aliphatic rings. The Morgan fingerprint density at radius 3 is 2.89 bits per heavy atom. The number of nitrogens with one attached hydrogen (secondary N) is 2. The fraction of sp³-hybridized carbons (Fsp3) is 0.308. The lowest BCUT2D eigenvalue weighted by molar-refractivity contribution is 0.549. The van der Waals surface area contributed by atoms with Crippen molar-refractivity contribution in [2.75, 3.05) is 6.54 Å². The van der Waals surface area contributed by atoms with Crippen LogP contribution in [0.5, 0.6) is 0 Å². The highest BCUT2D eigenvalue weighted by Crippen LogP contribution is 2.34. The minimum atomic E-state index is -3.48. The van der Waals surface area contributed by atoms with E-state index in [0.29, 0.717) is 12.4 Å². The third-order valence-electron chi connectivity index (χ3n) is 3.45. The summed E-state index contributed by atoms with van der Waals surface area (Å²) in [6.07, 6.45) is 2.27. The van der Waals surface area contributed by atoms with Gasteiger partial charge in [-0.05, 0) is 24.5 Å². The molecule has 5 nitrogen and oxygen atoms in total. The topological polar surface area (TPSA) is 74.8 Å². The van der Waals surface area contributed by atoms with E-state index < -0.39 is 10.0 Å². The van der Waals surface area contributed by atoms with Gasteiger partial charge in [0.1, 0.15) is 5.82 Å². The van der Waals surface area contributed by atoms with Gasteiger partial charge in [-0.3, -0.25) is 0 Å². The zero-order chi connectivity index (χ0) is 13.5. The standard InChI is InChI=1S/C13H15N3O2S/c1-9-14-8-13(16-9)19(17,18)15-7-11-6-10-4-2-3-5-12(10)11/h2-5,8,11,15H,6-7H2,1H3,(H,14,16). The van der Waals surface area contributed by atoms with Crippen LogP contribution in [0.3, 0.4) is 0 Å². The van der Waals surface area contributed by atoms with E-state index in [2.05, 4.69) is 26.8 Å². The van der Waals surface area contributed by atoms with Gasteiger partial charge in [0.05, 0.1) is 6.20 Å². The third kappa shape index (κ3) is 2.29. The average Bonchev–Trinajstić information content (AvgIpc) is 2.78. The molecule has 1 heterocycles. The van der Waals surface area contributed by atoms with Crippen LogP contribution in [-0.4, -0.2) is 24.9 Å². The van der Waals surface area contributed by atoms with E-state index >= 15 is 0 Å². The zero-order valence-electron chi connectivity index (χ0n) is 10.6. The Balaban J connectivity index is 1.68. The van der Waals surface area contributed by atoms with Gasteiger partial charge in [0.2, 0.25) is 0 Å². The maximum absolute atomic E-state index is 12.0. The normalized spacial score (nSPS) is 17.8. The fourth-order valence-electron chi connectivity index (χ4n) is 2.37. The van der Waals surface area contributed by atoms with Crippen molar-refractivity contribution in [3.05, 3.63) is 47.4 Å². The Kier molecular flexibility index (Phi) is 2.91. The molecule has 1 atom stereocenters. The van der Waals surface area contributed by atoms with Crippen LogP contribution in [0.15, 0.2) is 35.5 Å². The number of hydrogen-bond acceptors (Lipinski definition) is 3. The van der Waals surface area contributed by atoms with Crippen molar-refractivity contribution in [2.24, 2.45) is 0 Å². The Hall–Kier alpha value is -1.66. The predicted molar refractivity (Wildman–Crippen MR) is 71.4 cm³/mol. The predicted octanol–water partition coefficient (Wildman–Crippen LogP) is 1.34. The Morgan fingerprint density at radius 2 is 2.21 bits per heavy atom. The van der Waals surface area contributed by atoms with Crippen LogP contribution in [0.4, 0.5) is 0 Å². The summed E-state index contributed by atoms with van der Waals surface area (Å²) in [4.78, 5) is 6.64. The molecule has 0 amide bonds. The summed E-state index contributed by atoms with van der Waals surface area (Å²) < 4.78 is 26.7. The molecule has 0 spiro atoms. The monoisotopic (exact) mass is 277 g/mol. The van der Waals surface area contributed by atoms with E-state index in [1.807, 2.05) is 12.1 Å². The van der Waals surface area contributed by atoms with Crippen LogP contribution < -0.4 is 4.72 Å². The molecular formula is C13H15N3O2S. The second-order valence-corrected chi connectivity index (χ2v) is 6.52. The lowest BCUT2D eigenvalue weighted by Crippen LogP contribution is -2.33. The fourth-order valence-corrected chi connectivity index (χ4v) is 3.42. The van der Waals surface area contributed by atoms with Crippen LogP contribution in [0.1, 0.15) is 22.9 Å². The molecule has 1 aliphatic carbocycles. The van der Waals surface area contributed by atoms with Crippen molar-refractivity contribution < 1.29 is 8.42 Å². The van der Waals surface area contributed by atoms with Gasteiger partial charge in [-0.25, -0.2) is 18.1 Å². The first-order valence-electron chi connectivity index (χ1n) is 6.15. The molecule has 2 aromatic rings. The number of aromatic amines is 1. The van der Waals surface area contributed by atoms with E-state index in [9.17, 15) is 8.42 Å². The average molecular weight is 277 g/mol. The summed E-state index contributed by atoms with van der Waals surface area (Å²) in [6, 6.07) is 8.13. The van der Waals surface area contributed by atoms with Crippen LogP contribution in [0.25, 0.3) is 0 Å². The van der Waals surface area contributed by atoms with E-state index in [4.69, 9.17) is 0 Å². The number of imidazole rings is 1. The van der Waals surface area contributed by atoms with Crippen molar-refractivity contribution in [1.82, 2.24) is 14.7 Å². The molecule has 1 aromatic carbocycles. The molecule has 19 heavy (non-hydrogen) atoms. The summed E-state index contributed by atoms with van der Waals surface area (Å²) in [5, 5.41) is 0.123. The second kappa shape index (κ2) is 4.47. The van der Waals surface area contributed by atoms with Gasteiger partial charge >= 0.3 is 0 Å². The summed E-state index contributed by atoms with van der Waals surface area (Å²) in [6.45, 7) is 2.15. The van der Waals surface area contributed by atoms with E-state index in [-0.39, 0.29) is 10.9 Å². The maximum Gasteiger partial charge on any atom is 0.257 e. The first-order valence-corrected chi connectivity index (χ1v) is 7.63. The van der Waals surface area contributed by atoms with Crippen molar-refractivity contribution in [2.45, 2.75) is 24.3 Å². The molecule has 0 saturated heterocycles. The minimum absolute atomic E-state index is 0.123. The second-order valence-electron chi connectivity index (χ2n) is 4.78. The molecule has 6 heteroatoms. The summed E-state index contributed by atoms with van der Waals surface area (Å²) >= 11 is 0. The third-order valence-corrected chi connectivity index (χ3v) is 4.78. The lowest BCUT2D eigenvalue weighted by atomic mass is 9.78. The lowest BCUT2D eigenvalue weighted by Gasteiger charge is -2.29. The maximum atomic E-state index is 12.0. The smallest absolute Gasteiger partial charge is 0.257 e. The van der Waals surface area contributed by atoms with Gasteiger partial charge in [0.25, 0.3) is 10.0 Å². The highest BCUT2D eigenvalue weighted by atomic mass is 32.2. The molecule has 0 bridgehead atoms. The Labute approximate surface area is 112 Å². The molecule has 1 unspecified atom stereocenters. The van der Waals surface area contributed by atoms with Gasteiger partial charge in [0, 0.05) is 12.5 Å². The summed E-state index contributed by atoms with van der Waals surface area (Å²) in [7, 11) is -3.48. The van der Waals surface area contributed by atoms with Crippen molar-refractivity contribution >= 4 is 10.0 Å². The quantitative estimate of drug-likeness (QED) is 0.885. The number of aromatic nitrogens is 2. The van der Waals surface area contributed by atoms with Crippen molar-refractivity contribution in [1.29, 1.82) is 0 Å². The van der Waals surface area contributed by atoms with Crippen LogP contribution in [-0.2, 0) is 16.4 Å². The Bertz CT molecular complexity index is 706. The first kappa shape index (κ1) is 12.4. The SMILES string of the molecule is Cc1ncc(S(=O)(=O)NCC2Cc3ccccc32)[nH]1. The Morgan fingerprint density at radius 1 is 1.42 bits per heavy atom. The number of nitrogens with zero attached hydrogens (tertiary/aromatic N) is 1. The van der Waals surface area contributed by atoms with Crippen LogP contribution in [0.2, 0.25) is 0 Å². The number of H-pyrrole nitrogens is 1. The number of fused-ring (bicyclic) bond motifs is 1. The minimum Gasteiger partial charge on any atom is -0.332 e. The van der Waals surface area contributed by atoms with Crippen molar-refractivity contribution in [3.8, 4) is 0 Å². The highest BCUT2D eigenvalue weighted by molar-refractivity contribution is 7.89. The molecule has 3 rings (SSSR count). The molecule has 0 saturated carbocycles. The van der Waals surface area contributed by atoms with Crippen LogP contribution >= 0.6 is 0 Å². The van der Waals surface area contributed by atoms with Gasteiger partial charge in [-0.1, -0.05) is 24.3 Å². The molecule has 0 fully saturated rings. The molecule has 0 radical (unpaired) electrons. The van der Waals surface area contributed by atoms with Gasteiger partial charge in [-0.15, -0.1) is 0 Å². The number of sulfonamides is 1. The van der Waals surface area contributed by atoms with E-state index in [1.165, 1.54) is 17.3 Å². The van der Waals surface area contributed by atoms with E-state index in [1.54, 1.807) is 6.92 Å². The number of rotatable bonds is 4. The summed E-state index contributed by atoms with van der Waals surface area (Å²) in [5.41, 5.74) is 2.55. The number of hydrogen-bond donors (Lipinski definition) is 2. The molecule has 1 aromatic heterocycles. The number of aryl methyl sites for hydroxylation is 1.